The minimum atomic E-state index is -0.428. The first-order valence-electron chi connectivity index (χ1n) is 9.43. The number of ether oxygens (including phenoxy) is 1. The number of methoxy groups -OCH3 is 1. The van der Waals surface area contributed by atoms with E-state index in [0.717, 1.165) is 9.37 Å². The minimum Gasteiger partial charge on any atom is -0.496 e. The van der Waals surface area contributed by atoms with Gasteiger partial charge in [-0.2, -0.15) is 0 Å². The molecule has 0 saturated carbocycles. The molecule has 1 aliphatic heterocycles. The van der Waals surface area contributed by atoms with Crippen LogP contribution in [-0.2, 0) is 0 Å². The number of fused-ring (bicyclic) bond motifs is 1. The Balaban J connectivity index is 1.44. The number of halogens is 1. The summed E-state index contributed by atoms with van der Waals surface area (Å²) < 4.78 is 5.95. The van der Waals surface area contributed by atoms with Gasteiger partial charge in [0.05, 0.1) is 29.5 Å². The van der Waals surface area contributed by atoms with E-state index in [-0.39, 0.29) is 16.9 Å². The molecule has 0 fully saturated rings. The number of nitrogens with zero attached hydrogens (tertiary/aromatic N) is 1. The van der Waals surface area contributed by atoms with Crippen molar-refractivity contribution in [2.45, 2.75) is 0 Å². The lowest BCUT2D eigenvalue weighted by Gasteiger charge is -2.15. The molecule has 160 valence electrons. The van der Waals surface area contributed by atoms with Crippen LogP contribution in [0.2, 0.25) is 0 Å². The summed E-state index contributed by atoms with van der Waals surface area (Å²) in [5, 5.41) is 5.60. The van der Waals surface area contributed by atoms with E-state index in [4.69, 9.17) is 17.0 Å². The molecule has 0 bridgehead atoms. The van der Waals surface area contributed by atoms with Crippen molar-refractivity contribution in [3.8, 4) is 5.75 Å². The summed E-state index contributed by atoms with van der Waals surface area (Å²) in [4.78, 5) is 38.9. The van der Waals surface area contributed by atoms with Crippen LogP contribution >= 0.6 is 28.1 Å². The Bertz CT molecular complexity index is 1230. The molecule has 32 heavy (non-hydrogen) atoms. The first-order chi connectivity index (χ1) is 15.4. The maximum absolute atomic E-state index is 12.6. The van der Waals surface area contributed by atoms with Crippen molar-refractivity contribution in [3.05, 3.63) is 87.9 Å². The number of imide groups is 1. The highest BCUT2D eigenvalue weighted by Crippen LogP contribution is 2.29. The molecular formula is C23H16BrN3O4S. The number of amides is 3. The van der Waals surface area contributed by atoms with Crippen molar-refractivity contribution in [2.75, 3.05) is 17.3 Å². The molecule has 0 aliphatic carbocycles. The molecule has 0 spiro atoms. The molecule has 3 aromatic carbocycles. The van der Waals surface area contributed by atoms with E-state index in [1.807, 2.05) is 0 Å². The summed E-state index contributed by atoms with van der Waals surface area (Å²) >= 11 is 8.57. The van der Waals surface area contributed by atoms with Crippen LogP contribution in [-0.4, -0.2) is 29.9 Å². The van der Waals surface area contributed by atoms with Gasteiger partial charge in [-0.25, -0.2) is 4.90 Å². The van der Waals surface area contributed by atoms with Crippen molar-refractivity contribution in [1.82, 2.24) is 5.32 Å². The lowest BCUT2D eigenvalue weighted by atomic mass is 10.1. The highest BCUT2D eigenvalue weighted by atomic mass is 79.9. The normalized spacial score (nSPS) is 12.4. The van der Waals surface area contributed by atoms with Gasteiger partial charge < -0.3 is 10.1 Å². The third-order valence-corrected chi connectivity index (χ3v) is 5.51. The Morgan fingerprint density at radius 3 is 2.19 bits per heavy atom. The molecule has 0 saturated heterocycles. The molecular weight excluding hydrogens is 494 g/mol. The van der Waals surface area contributed by atoms with Gasteiger partial charge >= 0.3 is 0 Å². The average Bonchev–Trinajstić information content (AvgIpc) is 3.04. The quantitative estimate of drug-likeness (QED) is 0.400. The van der Waals surface area contributed by atoms with Crippen LogP contribution in [0.15, 0.2) is 71.2 Å². The van der Waals surface area contributed by atoms with Crippen LogP contribution in [0.4, 0.5) is 11.4 Å². The van der Waals surface area contributed by atoms with Gasteiger partial charge in [-0.15, -0.1) is 0 Å². The van der Waals surface area contributed by atoms with Crippen LogP contribution in [0, 0.1) is 0 Å². The molecule has 0 radical (unpaired) electrons. The number of hydrogen-bond acceptors (Lipinski definition) is 5. The molecule has 0 unspecified atom stereocenters. The van der Waals surface area contributed by atoms with Crippen molar-refractivity contribution >= 4 is 62.4 Å². The number of carbonyl (C=O) groups excluding carboxylic acids is 3. The number of rotatable bonds is 4. The number of thiocarbonyl (C=S) groups is 1. The molecule has 1 aliphatic rings. The monoisotopic (exact) mass is 509 g/mol. The Morgan fingerprint density at radius 1 is 0.969 bits per heavy atom. The van der Waals surface area contributed by atoms with E-state index in [1.54, 1.807) is 66.7 Å². The second-order valence-electron chi connectivity index (χ2n) is 6.79. The minimum absolute atomic E-state index is 0.0884. The maximum atomic E-state index is 12.6. The van der Waals surface area contributed by atoms with E-state index in [2.05, 4.69) is 26.6 Å². The second kappa shape index (κ2) is 8.89. The number of nitrogens with one attached hydrogen (secondary N) is 2. The largest absolute Gasteiger partial charge is 0.496 e. The first kappa shape index (κ1) is 21.7. The van der Waals surface area contributed by atoms with Gasteiger partial charge in [0.15, 0.2) is 5.11 Å². The zero-order chi connectivity index (χ0) is 22.8. The highest BCUT2D eigenvalue weighted by molar-refractivity contribution is 9.10. The van der Waals surface area contributed by atoms with Gasteiger partial charge in [0.25, 0.3) is 17.7 Å². The van der Waals surface area contributed by atoms with Gasteiger partial charge in [0.1, 0.15) is 5.75 Å². The Labute approximate surface area is 197 Å². The van der Waals surface area contributed by atoms with Gasteiger partial charge in [-0.05, 0) is 66.8 Å². The number of benzene rings is 3. The van der Waals surface area contributed by atoms with Crippen LogP contribution in [0.1, 0.15) is 31.1 Å². The molecule has 4 rings (SSSR count). The summed E-state index contributed by atoms with van der Waals surface area (Å²) in [6.07, 6.45) is 0. The maximum Gasteiger partial charge on any atom is 0.266 e. The van der Waals surface area contributed by atoms with E-state index >= 15 is 0 Å². The molecule has 1 heterocycles. The van der Waals surface area contributed by atoms with Crippen molar-refractivity contribution in [3.63, 3.8) is 0 Å². The van der Waals surface area contributed by atoms with Crippen LogP contribution in [0.25, 0.3) is 0 Å². The predicted octanol–water partition coefficient (Wildman–Crippen LogP) is 4.39. The summed E-state index contributed by atoms with van der Waals surface area (Å²) in [5.41, 5.74) is 2.11. The number of anilines is 2. The molecule has 7 nitrogen and oxygen atoms in total. The topological polar surface area (TPSA) is 87.7 Å². The van der Waals surface area contributed by atoms with Crippen LogP contribution in [0.3, 0.4) is 0 Å². The summed E-state index contributed by atoms with van der Waals surface area (Å²) in [6, 6.07) is 18.4. The third-order valence-electron chi connectivity index (χ3n) is 4.81. The summed E-state index contributed by atoms with van der Waals surface area (Å²) in [6.45, 7) is 0. The fourth-order valence-corrected chi connectivity index (χ4v) is 3.88. The Hall–Kier alpha value is -3.56. The van der Waals surface area contributed by atoms with Crippen LogP contribution < -0.4 is 20.3 Å². The standard InChI is InChI=1S/C23H16BrN3O4S/c1-31-19-11-6-13(24)12-18(19)20(28)26-23(32)25-14-7-9-15(10-8-14)27-21(29)16-4-2-3-5-17(16)22(27)30/h2-12H,1H3,(H2,25,26,28,32). The predicted molar refractivity (Wildman–Crippen MR) is 128 cm³/mol. The smallest absolute Gasteiger partial charge is 0.266 e. The van der Waals surface area contributed by atoms with E-state index in [9.17, 15) is 14.4 Å². The van der Waals surface area contributed by atoms with Crippen molar-refractivity contribution < 1.29 is 19.1 Å². The molecule has 2 N–H and O–H groups in total. The van der Waals surface area contributed by atoms with Crippen molar-refractivity contribution in [2.24, 2.45) is 0 Å². The van der Waals surface area contributed by atoms with Gasteiger partial charge in [-0.1, -0.05) is 28.1 Å². The van der Waals surface area contributed by atoms with Gasteiger partial charge in [0, 0.05) is 10.2 Å². The molecule has 9 heteroatoms. The zero-order valence-electron chi connectivity index (χ0n) is 16.7. The zero-order valence-corrected chi connectivity index (χ0v) is 19.1. The molecule has 3 amide bonds. The fourth-order valence-electron chi connectivity index (χ4n) is 3.31. The second-order valence-corrected chi connectivity index (χ2v) is 8.11. The SMILES string of the molecule is COc1ccc(Br)cc1C(=O)NC(=S)Nc1ccc(N2C(=O)c3ccccc3C2=O)cc1. The van der Waals surface area contributed by atoms with Crippen LogP contribution in [0.5, 0.6) is 5.75 Å². The number of carbonyl (C=O) groups is 3. The number of hydrogen-bond donors (Lipinski definition) is 2. The van der Waals surface area contributed by atoms with Gasteiger partial charge in [0.2, 0.25) is 0 Å². The first-order valence-corrected chi connectivity index (χ1v) is 10.6. The lowest BCUT2D eigenvalue weighted by Crippen LogP contribution is -2.34. The lowest BCUT2D eigenvalue weighted by molar-refractivity contribution is 0.0923. The Morgan fingerprint density at radius 2 is 1.59 bits per heavy atom. The molecule has 0 aromatic heterocycles. The average molecular weight is 510 g/mol. The molecule has 0 atom stereocenters. The summed E-state index contributed by atoms with van der Waals surface area (Å²) in [7, 11) is 1.48. The molecule has 3 aromatic rings. The van der Waals surface area contributed by atoms with Crippen molar-refractivity contribution in [1.29, 1.82) is 0 Å². The van der Waals surface area contributed by atoms with E-state index in [1.165, 1.54) is 7.11 Å². The fraction of sp³-hybridized carbons (Fsp3) is 0.0435. The highest BCUT2D eigenvalue weighted by Gasteiger charge is 2.36. The van der Waals surface area contributed by atoms with E-state index < -0.39 is 5.91 Å². The van der Waals surface area contributed by atoms with Gasteiger partial charge in [-0.3, -0.25) is 19.7 Å². The third kappa shape index (κ3) is 4.12. The summed E-state index contributed by atoms with van der Waals surface area (Å²) in [5.74, 6) is -0.740. The van der Waals surface area contributed by atoms with E-state index in [0.29, 0.717) is 33.8 Å². The Kier molecular flexibility index (Phi) is 6.02.